The van der Waals surface area contributed by atoms with Crippen molar-refractivity contribution in [2.45, 2.75) is 6.18 Å². The highest BCUT2D eigenvalue weighted by atomic mass is 19.4. The zero-order chi connectivity index (χ0) is 17.3. The van der Waals surface area contributed by atoms with Gasteiger partial charge in [0.2, 0.25) is 0 Å². The van der Waals surface area contributed by atoms with E-state index in [1.165, 1.54) is 17.0 Å². The van der Waals surface area contributed by atoms with Gasteiger partial charge in [0, 0.05) is 24.4 Å². The molecule has 1 aliphatic rings. The van der Waals surface area contributed by atoms with Gasteiger partial charge in [0.15, 0.2) is 11.5 Å². The van der Waals surface area contributed by atoms with Gasteiger partial charge in [-0.15, -0.1) is 0 Å². The molecule has 2 aromatic carbocycles. The largest absolute Gasteiger partial charge is 0.486 e. The molecule has 0 atom stereocenters. The lowest BCUT2D eigenvalue weighted by Crippen LogP contribution is -2.26. The summed E-state index contributed by atoms with van der Waals surface area (Å²) in [6, 6.07) is 9.17. The summed E-state index contributed by atoms with van der Waals surface area (Å²) in [5.74, 6) is 0.714. The molecule has 0 aromatic heterocycles. The molecule has 3 rings (SSSR count). The van der Waals surface area contributed by atoms with Crippen molar-refractivity contribution in [2.24, 2.45) is 0 Å². The number of hydrogen-bond donors (Lipinski definition) is 0. The van der Waals surface area contributed by atoms with E-state index in [-0.39, 0.29) is 5.56 Å². The predicted octanol–water partition coefficient (Wildman–Crippen LogP) is 3.75. The minimum atomic E-state index is -4.43. The maximum absolute atomic E-state index is 12.6. The Morgan fingerprint density at radius 1 is 1.00 bits per heavy atom. The molecule has 0 saturated heterocycles. The Labute approximate surface area is 136 Å². The maximum atomic E-state index is 12.6. The van der Waals surface area contributed by atoms with Gasteiger partial charge in [-0.3, -0.25) is 4.79 Å². The Morgan fingerprint density at radius 2 is 1.62 bits per heavy atom. The summed E-state index contributed by atoms with van der Waals surface area (Å²) in [5, 5.41) is 0. The van der Waals surface area contributed by atoms with Crippen LogP contribution >= 0.6 is 0 Å². The van der Waals surface area contributed by atoms with Crippen molar-refractivity contribution in [1.82, 2.24) is 0 Å². The number of halogens is 3. The summed E-state index contributed by atoms with van der Waals surface area (Å²) < 4.78 is 48.6. The standard InChI is InChI=1S/C17H14F3NO3/c1-21(13-6-7-14-15(10-13)24-9-8-23-14)16(22)11-2-4-12(5-3-11)17(18,19)20/h2-7,10H,8-9H2,1H3. The van der Waals surface area contributed by atoms with Gasteiger partial charge >= 0.3 is 6.18 Å². The van der Waals surface area contributed by atoms with Crippen molar-refractivity contribution in [3.8, 4) is 11.5 Å². The molecule has 0 radical (unpaired) electrons. The first-order valence-corrected chi connectivity index (χ1v) is 7.21. The minimum absolute atomic E-state index is 0.167. The van der Waals surface area contributed by atoms with Crippen LogP contribution in [0.3, 0.4) is 0 Å². The lowest BCUT2D eigenvalue weighted by molar-refractivity contribution is -0.137. The van der Waals surface area contributed by atoms with Crippen LogP contribution in [-0.2, 0) is 6.18 Å². The number of benzene rings is 2. The van der Waals surface area contributed by atoms with Crippen LogP contribution in [0, 0.1) is 0 Å². The fourth-order valence-electron chi connectivity index (χ4n) is 2.35. The molecule has 1 aliphatic heterocycles. The molecule has 0 aliphatic carbocycles. The molecule has 126 valence electrons. The van der Waals surface area contributed by atoms with Crippen LogP contribution in [0.15, 0.2) is 42.5 Å². The summed E-state index contributed by atoms with van der Waals surface area (Å²) in [4.78, 5) is 13.8. The van der Waals surface area contributed by atoms with E-state index < -0.39 is 17.6 Å². The summed E-state index contributed by atoms with van der Waals surface area (Å²) in [6.45, 7) is 0.889. The molecule has 4 nitrogen and oxygen atoms in total. The molecule has 0 N–H and O–H groups in total. The van der Waals surface area contributed by atoms with Crippen molar-refractivity contribution < 1.29 is 27.4 Å². The van der Waals surface area contributed by atoms with E-state index in [0.717, 1.165) is 12.1 Å². The van der Waals surface area contributed by atoms with Gasteiger partial charge in [0.1, 0.15) is 13.2 Å². The lowest BCUT2D eigenvalue weighted by atomic mass is 10.1. The van der Waals surface area contributed by atoms with Crippen LogP contribution in [-0.4, -0.2) is 26.2 Å². The van der Waals surface area contributed by atoms with E-state index in [4.69, 9.17) is 9.47 Å². The van der Waals surface area contributed by atoms with Gasteiger partial charge < -0.3 is 14.4 Å². The van der Waals surface area contributed by atoms with Gasteiger partial charge in [-0.1, -0.05) is 0 Å². The topological polar surface area (TPSA) is 38.8 Å². The average molecular weight is 337 g/mol. The van der Waals surface area contributed by atoms with E-state index in [1.807, 2.05) is 0 Å². The Morgan fingerprint density at radius 3 is 2.25 bits per heavy atom. The summed E-state index contributed by atoms with van der Waals surface area (Å²) in [6.07, 6.45) is -4.43. The summed E-state index contributed by atoms with van der Waals surface area (Å²) in [5.41, 5.74) is -0.0643. The number of hydrogen-bond acceptors (Lipinski definition) is 3. The van der Waals surface area contributed by atoms with Crippen LogP contribution in [0.25, 0.3) is 0 Å². The highest BCUT2D eigenvalue weighted by molar-refractivity contribution is 6.05. The second-order valence-corrected chi connectivity index (χ2v) is 5.27. The Bertz CT molecular complexity index is 757. The number of alkyl halides is 3. The Kier molecular flexibility index (Phi) is 4.09. The SMILES string of the molecule is CN(C(=O)c1ccc(C(F)(F)F)cc1)c1ccc2c(c1)OCCO2. The number of fused-ring (bicyclic) bond motifs is 1. The molecule has 24 heavy (non-hydrogen) atoms. The van der Waals surface area contributed by atoms with Crippen molar-refractivity contribution in [2.75, 3.05) is 25.2 Å². The van der Waals surface area contributed by atoms with E-state index in [0.29, 0.717) is 30.4 Å². The van der Waals surface area contributed by atoms with Crippen LogP contribution in [0.2, 0.25) is 0 Å². The third-order valence-electron chi connectivity index (χ3n) is 3.68. The zero-order valence-corrected chi connectivity index (χ0v) is 12.8. The monoisotopic (exact) mass is 337 g/mol. The Hall–Kier alpha value is -2.70. The van der Waals surface area contributed by atoms with Crippen molar-refractivity contribution in [3.63, 3.8) is 0 Å². The molecule has 0 saturated carbocycles. The van der Waals surface area contributed by atoms with Gasteiger partial charge in [0.05, 0.1) is 5.56 Å². The first-order valence-electron chi connectivity index (χ1n) is 7.21. The molecule has 0 unspecified atom stereocenters. The third kappa shape index (κ3) is 3.15. The van der Waals surface area contributed by atoms with Gasteiger partial charge in [-0.2, -0.15) is 13.2 Å². The fourth-order valence-corrected chi connectivity index (χ4v) is 2.35. The van der Waals surface area contributed by atoms with E-state index in [2.05, 4.69) is 0 Å². The maximum Gasteiger partial charge on any atom is 0.416 e. The molecular formula is C17H14F3NO3. The van der Waals surface area contributed by atoms with E-state index in [9.17, 15) is 18.0 Å². The van der Waals surface area contributed by atoms with E-state index in [1.54, 1.807) is 25.2 Å². The first kappa shape index (κ1) is 16.2. The van der Waals surface area contributed by atoms with Crippen LogP contribution in [0.1, 0.15) is 15.9 Å². The molecule has 0 spiro atoms. The quantitative estimate of drug-likeness (QED) is 0.838. The van der Waals surface area contributed by atoms with Crippen molar-refractivity contribution in [1.29, 1.82) is 0 Å². The Balaban J connectivity index is 1.82. The van der Waals surface area contributed by atoms with Crippen LogP contribution < -0.4 is 14.4 Å². The molecule has 2 aromatic rings. The second kappa shape index (κ2) is 6.07. The van der Waals surface area contributed by atoms with Crippen LogP contribution in [0.5, 0.6) is 11.5 Å². The van der Waals surface area contributed by atoms with Gasteiger partial charge in [0.25, 0.3) is 5.91 Å². The van der Waals surface area contributed by atoms with Crippen LogP contribution in [0.4, 0.5) is 18.9 Å². The average Bonchev–Trinajstić information content (AvgIpc) is 2.59. The molecule has 0 fully saturated rings. The van der Waals surface area contributed by atoms with Gasteiger partial charge in [-0.05, 0) is 36.4 Å². The van der Waals surface area contributed by atoms with Gasteiger partial charge in [-0.25, -0.2) is 0 Å². The number of amides is 1. The normalized spacial score (nSPS) is 13.5. The first-order chi connectivity index (χ1) is 11.4. The third-order valence-corrected chi connectivity index (χ3v) is 3.68. The smallest absolute Gasteiger partial charge is 0.416 e. The fraction of sp³-hybridized carbons (Fsp3) is 0.235. The van der Waals surface area contributed by atoms with Crippen molar-refractivity contribution >= 4 is 11.6 Å². The number of nitrogens with zero attached hydrogens (tertiary/aromatic N) is 1. The second-order valence-electron chi connectivity index (χ2n) is 5.27. The predicted molar refractivity (Wildman–Crippen MR) is 81.6 cm³/mol. The number of ether oxygens (including phenoxy) is 2. The molecular weight excluding hydrogens is 323 g/mol. The number of carbonyl (C=O) groups is 1. The molecule has 1 amide bonds. The highest BCUT2D eigenvalue weighted by Crippen LogP contribution is 2.34. The number of rotatable bonds is 2. The highest BCUT2D eigenvalue weighted by Gasteiger charge is 2.30. The molecule has 0 bridgehead atoms. The van der Waals surface area contributed by atoms with Crippen molar-refractivity contribution in [3.05, 3.63) is 53.6 Å². The summed E-state index contributed by atoms with van der Waals surface area (Å²) >= 11 is 0. The molecule has 1 heterocycles. The minimum Gasteiger partial charge on any atom is -0.486 e. The lowest BCUT2D eigenvalue weighted by Gasteiger charge is -2.22. The summed E-state index contributed by atoms with van der Waals surface area (Å²) in [7, 11) is 1.55. The number of carbonyl (C=O) groups excluding carboxylic acids is 1. The molecule has 7 heteroatoms. The number of anilines is 1. The zero-order valence-electron chi connectivity index (χ0n) is 12.8. The van der Waals surface area contributed by atoms with E-state index >= 15 is 0 Å².